The van der Waals surface area contributed by atoms with E-state index in [0.29, 0.717) is 16.5 Å². The van der Waals surface area contributed by atoms with Crippen molar-refractivity contribution in [3.8, 4) is 0 Å². The fourth-order valence-corrected chi connectivity index (χ4v) is 2.06. The summed E-state index contributed by atoms with van der Waals surface area (Å²) in [6.45, 7) is 5.60. The van der Waals surface area contributed by atoms with Crippen LogP contribution >= 0.6 is 0 Å². The van der Waals surface area contributed by atoms with Gasteiger partial charge in [0.15, 0.2) is 0 Å². The van der Waals surface area contributed by atoms with Crippen molar-refractivity contribution in [1.29, 1.82) is 0 Å². The van der Waals surface area contributed by atoms with Crippen LogP contribution in [0.3, 0.4) is 0 Å². The number of hydrogen-bond donors (Lipinski definition) is 0. The molecule has 0 saturated carbocycles. The second-order valence-electron chi connectivity index (χ2n) is 5.51. The Bertz CT molecular complexity index is 1060. The third-order valence-corrected chi connectivity index (χ3v) is 3.13. The molecule has 0 N–H and O–H groups in total. The zero-order chi connectivity index (χ0) is 19.0. The number of benzene rings is 2. The third-order valence-electron chi connectivity index (χ3n) is 3.13. The van der Waals surface area contributed by atoms with Gasteiger partial charge in [-0.1, -0.05) is 44.9 Å². The van der Waals surface area contributed by atoms with Gasteiger partial charge in [0, 0.05) is 28.9 Å². The summed E-state index contributed by atoms with van der Waals surface area (Å²) in [5.74, 6) is 0. The number of aryl methyl sites for hydroxylation is 1. The number of aromatic nitrogens is 1. The minimum absolute atomic E-state index is 0.0360. The van der Waals surface area contributed by atoms with Crippen LogP contribution < -0.4 is 0 Å². The Balaban J connectivity index is 2.77. The molecule has 0 unspecified atom stereocenters. The molecule has 0 aliphatic carbocycles. The molecule has 2 aromatic carbocycles. The van der Waals surface area contributed by atoms with Crippen LogP contribution in [0.15, 0.2) is 42.3 Å². The molecule has 0 amide bonds. The van der Waals surface area contributed by atoms with Crippen molar-refractivity contribution in [2.75, 3.05) is 0 Å². The minimum atomic E-state index is -0.536. The zero-order valence-corrected chi connectivity index (χ0v) is 10.9. The SMILES string of the molecule is [2H]c1c([2H])c([2H])c2c(c1[2H])c1c([2H])c(C(C)(C)C)c([2H])c([2H])c1n2C. The molecular formula is C17H19N. The molecule has 0 atom stereocenters. The van der Waals surface area contributed by atoms with Gasteiger partial charge in [0.1, 0.15) is 0 Å². The number of nitrogens with zero attached hydrogens (tertiary/aromatic N) is 1. The van der Waals surface area contributed by atoms with E-state index in [4.69, 9.17) is 9.60 Å². The second-order valence-corrected chi connectivity index (χ2v) is 5.51. The van der Waals surface area contributed by atoms with Gasteiger partial charge in [-0.05, 0) is 29.1 Å². The summed E-state index contributed by atoms with van der Waals surface area (Å²) in [6.07, 6.45) is 0. The van der Waals surface area contributed by atoms with Crippen LogP contribution in [0.2, 0.25) is 0 Å². The van der Waals surface area contributed by atoms with E-state index in [0.717, 1.165) is 0 Å². The van der Waals surface area contributed by atoms with Gasteiger partial charge in [-0.15, -0.1) is 0 Å². The number of fused-ring (bicyclic) bond motifs is 3. The van der Waals surface area contributed by atoms with Gasteiger partial charge in [0.2, 0.25) is 0 Å². The van der Waals surface area contributed by atoms with Crippen LogP contribution in [0.25, 0.3) is 21.8 Å². The fourth-order valence-electron chi connectivity index (χ4n) is 2.06. The lowest BCUT2D eigenvalue weighted by molar-refractivity contribution is 0.591. The maximum atomic E-state index is 8.65. The van der Waals surface area contributed by atoms with E-state index in [1.807, 2.05) is 20.8 Å². The highest BCUT2D eigenvalue weighted by Crippen LogP contribution is 2.32. The van der Waals surface area contributed by atoms with Gasteiger partial charge in [-0.3, -0.25) is 0 Å². The van der Waals surface area contributed by atoms with Gasteiger partial charge in [-0.2, -0.15) is 0 Å². The summed E-state index contributed by atoms with van der Waals surface area (Å²) in [5.41, 5.74) is 0.425. The van der Waals surface area contributed by atoms with Gasteiger partial charge in [0.25, 0.3) is 0 Å². The zero-order valence-electron chi connectivity index (χ0n) is 17.9. The highest BCUT2D eigenvalue weighted by Gasteiger charge is 2.15. The lowest BCUT2D eigenvalue weighted by atomic mass is 9.86. The predicted octanol–water partition coefficient (Wildman–Crippen LogP) is 4.63. The molecule has 0 aliphatic heterocycles. The monoisotopic (exact) mass is 244 g/mol. The van der Waals surface area contributed by atoms with Gasteiger partial charge < -0.3 is 4.57 Å². The summed E-state index contributed by atoms with van der Waals surface area (Å²) < 4.78 is 59.2. The molecule has 0 fully saturated rings. The Morgan fingerprint density at radius 2 is 1.61 bits per heavy atom. The molecule has 18 heavy (non-hydrogen) atoms. The summed E-state index contributed by atoms with van der Waals surface area (Å²) in [7, 11) is 1.61. The molecule has 0 aliphatic rings. The largest absolute Gasteiger partial charge is 0.344 e. The average molecular weight is 244 g/mol. The summed E-state index contributed by atoms with van der Waals surface area (Å²) in [4.78, 5) is 0. The van der Waals surface area contributed by atoms with E-state index in [-0.39, 0.29) is 53.2 Å². The standard InChI is InChI=1S/C17H19N/c1-17(2,3)12-9-10-16-14(11-12)13-7-5-6-8-15(13)18(16)4/h5-11H,1-4H3/i5D,6D,7D,8D,9D,10D,11D. The van der Waals surface area contributed by atoms with Crippen LogP contribution in [0, 0.1) is 0 Å². The first-order chi connectivity index (χ1) is 11.4. The van der Waals surface area contributed by atoms with E-state index in [1.54, 1.807) is 7.05 Å². The predicted molar refractivity (Wildman–Crippen MR) is 79.1 cm³/mol. The highest BCUT2D eigenvalue weighted by atomic mass is 14.9. The smallest absolute Gasteiger partial charge is 0.0645 e. The van der Waals surface area contributed by atoms with Crippen LogP contribution in [-0.4, -0.2) is 4.57 Å². The van der Waals surface area contributed by atoms with Crippen molar-refractivity contribution in [1.82, 2.24) is 4.57 Å². The van der Waals surface area contributed by atoms with Gasteiger partial charge in [0.05, 0.1) is 9.60 Å². The maximum Gasteiger partial charge on any atom is 0.0645 e. The van der Waals surface area contributed by atoms with E-state index in [1.165, 1.54) is 4.57 Å². The number of hydrogen-bond acceptors (Lipinski definition) is 0. The molecule has 1 aromatic heterocycles. The Kier molecular flexibility index (Phi) is 1.19. The first-order valence-electron chi connectivity index (χ1n) is 9.39. The van der Waals surface area contributed by atoms with Crippen molar-refractivity contribution in [2.24, 2.45) is 7.05 Å². The summed E-state index contributed by atoms with van der Waals surface area (Å²) in [6, 6.07) is -1.16. The molecule has 1 heteroatoms. The molecule has 3 aromatic rings. The third kappa shape index (κ3) is 1.54. The van der Waals surface area contributed by atoms with Crippen LogP contribution in [-0.2, 0) is 12.5 Å². The normalized spacial score (nSPS) is 17.9. The second kappa shape index (κ2) is 3.61. The Morgan fingerprint density at radius 3 is 2.33 bits per heavy atom. The maximum absolute atomic E-state index is 8.65. The molecule has 1 nitrogen and oxygen atoms in total. The Hall–Kier alpha value is -1.76. The van der Waals surface area contributed by atoms with E-state index >= 15 is 0 Å². The van der Waals surface area contributed by atoms with Crippen molar-refractivity contribution in [2.45, 2.75) is 26.2 Å². The van der Waals surface area contributed by atoms with Crippen molar-refractivity contribution >= 4 is 21.8 Å². The molecule has 0 radical (unpaired) electrons. The van der Waals surface area contributed by atoms with Gasteiger partial charge >= 0.3 is 0 Å². The highest BCUT2D eigenvalue weighted by molar-refractivity contribution is 6.08. The van der Waals surface area contributed by atoms with Crippen molar-refractivity contribution in [3.63, 3.8) is 0 Å². The molecule has 0 spiro atoms. The van der Waals surface area contributed by atoms with Crippen molar-refractivity contribution < 1.29 is 9.60 Å². The van der Waals surface area contributed by atoms with E-state index in [2.05, 4.69) is 0 Å². The molecular weight excluding hydrogens is 218 g/mol. The van der Waals surface area contributed by atoms with Gasteiger partial charge in [-0.25, -0.2) is 0 Å². The number of rotatable bonds is 0. The number of para-hydroxylation sites is 1. The molecule has 0 bridgehead atoms. The molecule has 1 heterocycles. The fraction of sp³-hybridized carbons (Fsp3) is 0.294. The quantitative estimate of drug-likeness (QED) is 0.543. The molecule has 3 rings (SSSR count). The van der Waals surface area contributed by atoms with Crippen molar-refractivity contribution in [3.05, 3.63) is 47.9 Å². The van der Waals surface area contributed by atoms with E-state index in [9.17, 15) is 0 Å². The lowest BCUT2D eigenvalue weighted by Gasteiger charge is -2.19. The molecule has 0 saturated heterocycles. The van der Waals surface area contributed by atoms with Crippen LogP contribution in [0.5, 0.6) is 0 Å². The average Bonchev–Trinajstić information content (AvgIpc) is 2.81. The minimum Gasteiger partial charge on any atom is -0.344 e. The first kappa shape index (κ1) is 5.92. The van der Waals surface area contributed by atoms with Crippen LogP contribution in [0.1, 0.15) is 35.9 Å². The van der Waals surface area contributed by atoms with Crippen LogP contribution in [0.4, 0.5) is 0 Å². The van der Waals surface area contributed by atoms with E-state index < -0.39 is 5.41 Å². The topological polar surface area (TPSA) is 4.93 Å². The lowest BCUT2D eigenvalue weighted by Crippen LogP contribution is -2.10. The first-order valence-corrected chi connectivity index (χ1v) is 5.89. The Morgan fingerprint density at radius 1 is 0.944 bits per heavy atom. The summed E-state index contributed by atoms with van der Waals surface area (Å²) in [5, 5.41) is 0.558. The summed E-state index contributed by atoms with van der Waals surface area (Å²) >= 11 is 0. The molecule has 92 valence electrons. The Labute approximate surface area is 118 Å².